The van der Waals surface area contributed by atoms with E-state index in [-0.39, 0.29) is 11.6 Å². The fraction of sp³-hybridized carbons (Fsp3) is 0.400. The van der Waals surface area contributed by atoms with E-state index in [0.29, 0.717) is 31.0 Å². The quantitative estimate of drug-likeness (QED) is 0.189. The van der Waals surface area contributed by atoms with Crippen molar-refractivity contribution >= 4 is 44.0 Å². The largest absolute Gasteiger partial charge is 0.494 e. The highest BCUT2D eigenvalue weighted by molar-refractivity contribution is 7.17. The molecule has 0 saturated heterocycles. The molecule has 0 aliphatic heterocycles. The molecule has 202 valence electrons. The molecule has 2 aromatic heterocycles. The monoisotopic (exact) mass is 534 g/mol. The van der Waals surface area contributed by atoms with Crippen molar-refractivity contribution in [3.8, 4) is 5.75 Å². The van der Waals surface area contributed by atoms with E-state index in [1.165, 1.54) is 26.4 Å². The van der Waals surface area contributed by atoms with Gasteiger partial charge in [0.05, 0.1) is 12.1 Å². The van der Waals surface area contributed by atoms with Crippen LogP contribution in [0.1, 0.15) is 39.5 Å². The maximum atomic E-state index is 13.2. The van der Waals surface area contributed by atoms with Gasteiger partial charge in [0.25, 0.3) is 5.56 Å². The fourth-order valence-electron chi connectivity index (χ4n) is 4.58. The fourth-order valence-corrected chi connectivity index (χ4v) is 5.40. The van der Waals surface area contributed by atoms with Gasteiger partial charge in [0, 0.05) is 54.1 Å². The number of fused-ring (bicyclic) bond motifs is 2. The van der Waals surface area contributed by atoms with E-state index >= 15 is 0 Å². The second-order valence-electron chi connectivity index (χ2n) is 9.37. The first-order chi connectivity index (χ1) is 18.6. The molecule has 8 heteroatoms. The third kappa shape index (κ3) is 6.94. The van der Waals surface area contributed by atoms with Crippen molar-refractivity contribution in [1.82, 2.24) is 14.8 Å². The van der Waals surface area contributed by atoms with Gasteiger partial charge in [-0.15, -0.1) is 11.3 Å². The number of carbonyl (C=O) groups excluding carboxylic acids is 1. The zero-order valence-electron chi connectivity index (χ0n) is 22.4. The minimum Gasteiger partial charge on any atom is -0.494 e. The number of ether oxygens (including phenoxy) is 1. The standard InChI is InChI=1S/C30H38N4O3S/c1-3-18-33(19-4-2)30(36)34-27-22-24(12-10-23(27)11-13-29(34)35)37-20-6-5-15-31-16-17-32-26-8-7-9-28-25(26)14-21-38-28/h7-14,21-22,31-32H,3-6,15-20H2,1-2H3. The Balaban J connectivity index is 1.24. The summed E-state index contributed by atoms with van der Waals surface area (Å²) in [7, 11) is 0. The molecule has 0 unspecified atom stereocenters. The van der Waals surface area contributed by atoms with E-state index in [4.69, 9.17) is 4.74 Å². The number of benzene rings is 2. The Kier molecular flexibility index (Phi) is 10.2. The molecule has 0 spiro atoms. The number of hydrogen-bond acceptors (Lipinski definition) is 6. The second kappa shape index (κ2) is 14.0. The highest BCUT2D eigenvalue weighted by Crippen LogP contribution is 2.27. The molecule has 0 fully saturated rings. The van der Waals surface area contributed by atoms with Gasteiger partial charge >= 0.3 is 6.03 Å². The average Bonchev–Trinajstić information content (AvgIpc) is 3.41. The molecular weight excluding hydrogens is 496 g/mol. The summed E-state index contributed by atoms with van der Waals surface area (Å²) < 4.78 is 8.57. The molecular formula is C30H38N4O3S. The Morgan fingerprint density at radius 1 is 0.974 bits per heavy atom. The van der Waals surface area contributed by atoms with Crippen LogP contribution in [0.3, 0.4) is 0 Å². The van der Waals surface area contributed by atoms with E-state index in [1.54, 1.807) is 22.3 Å². The third-order valence-electron chi connectivity index (χ3n) is 6.45. The number of unbranched alkanes of at least 4 members (excludes halogenated alkanes) is 1. The van der Waals surface area contributed by atoms with Gasteiger partial charge in [0.15, 0.2) is 0 Å². The lowest BCUT2D eigenvalue weighted by Crippen LogP contribution is -2.40. The van der Waals surface area contributed by atoms with E-state index in [9.17, 15) is 9.59 Å². The van der Waals surface area contributed by atoms with Crippen molar-refractivity contribution in [3.63, 3.8) is 0 Å². The lowest BCUT2D eigenvalue weighted by atomic mass is 10.2. The summed E-state index contributed by atoms with van der Waals surface area (Å²) in [5, 5.41) is 11.2. The molecule has 2 N–H and O–H groups in total. The molecule has 0 aliphatic carbocycles. The van der Waals surface area contributed by atoms with Crippen molar-refractivity contribution in [2.75, 3.05) is 44.6 Å². The summed E-state index contributed by atoms with van der Waals surface area (Å²) in [5.74, 6) is 0.668. The summed E-state index contributed by atoms with van der Waals surface area (Å²) in [4.78, 5) is 27.7. The molecule has 38 heavy (non-hydrogen) atoms. The highest BCUT2D eigenvalue weighted by atomic mass is 32.1. The first-order valence-corrected chi connectivity index (χ1v) is 14.5. The number of nitrogens with zero attached hydrogens (tertiary/aromatic N) is 2. The SMILES string of the molecule is CCCN(CCC)C(=O)n1c(=O)ccc2ccc(OCCCCNCCNc3cccc4sccc34)cc21. The molecule has 0 saturated carbocycles. The number of anilines is 1. The highest BCUT2D eigenvalue weighted by Gasteiger charge is 2.18. The van der Waals surface area contributed by atoms with Gasteiger partial charge in [-0.2, -0.15) is 0 Å². The number of rotatable bonds is 14. The van der Waals surface area contributed by atoms with Crippen molar-refractivity contribution in [1.29, 1.82) is 0 Å². The first-order valence-electron chi connectivity index (χ1n) is 13.6. The van der Waals surface area contributed by atoms with Crippen molar-refractivity contribution in [3.05, 3.63) is 70.3 Å². The molecule has 4 aromatic rings. The van der Waals surface area contributed by atoms with Crippen LogP contribution in [0.15, 0.2) is 64.8 Å². The Bertz CT molecular complexity index is 1390. The zero-order chi connectivity index (χ0) is 26.7. The molecule has 1 amide bonds. The maximum absolute atomic E-state index is 13.2. The number of thiophene rings is 1. The van der Waals surface area contributed by atoms with Crippen LogP contribution in [0.5, 0.6) is 5.75 Å². The smallest absolute Gasteiger partial charge is 0.331 e. The maximum Gasteiger partial charge on any atom is 0.331 e. The summed E-state index contributed by atoms with van der Waals surface area (Å²) in [6.07, 6.45) is 3.60. The topological polar surface area (TPSA) is 75.6 Å². The number of carbonyl (C=O) groups is 1. The van der Waals surface area contributed by atoms with Crippen LogP contribution in [0, 0.1) is 0 Å². The van der Waals surface area contributed by atoms with E-state index in [1.807, 2.05) is 32.0 Å². The van der Waals surface area contributed by atoms with Gasteiger partial charge < -0.3 is 20.3 Å². The van der Waals surface area contributed by atoms with Gasteiger partial charge in [-0.1, -0.05) is 19.9 Å². The lowest BCUT2D eigenvalue weighted by molar-refractivity contribution is 0.199. The molecule has 7 nitrogen and oxygen atoms in total. The average molecular weight is 535 g/mol. The molecule has 0 atom stereocenters. The number of pyridine rings is 1. The van der Waals surface area contributed by atoms with Gasteiger partial charge in [-0.05, 0) is 79.4 Å². The van der Waals surface area contributed by atoms with Crippen LogP contribution in [-0.2, 0) is 0 Å². The normalized spacial score (nSPS) is 11.2. The summed E-state index contributed by atoms with van der Waals surface area (Å²) in [6, 6.07) is 17.1. The van der Waals surface area contributed by atoms with E-state index in [2.05, 4.69) is 40.3 Å². The predicted molar refractivity (Wildman–Crippen MR) is 159 cm³/mol. The molecule has 0 radical (unpaired) electrons. The van der Waals surface area contributed by atoms with Crippen LogP contribution in [0.25, 0.3) is 21.0 Å². The van der Waals surface area contributed by atoms with Crippen LogP contribution >= 0.6 is 11.3 Å². The minimum absolute atomic E-state index is 0.269. The van der Waals surface area contributed by atoms with Gasteiger partial charge in [-0.25, -0.2) is 9.36 Å². The Morgan fingerprint density at radius 3 is 2.61 bits per heavy atom. The van der Waals surface area contributed by atoms with Gasteiger partial charge in [0.1, 0.15) is 5.75 Å². The molecule has 0 aliphatic rings. The minimum atomic E-state index is -0.315. The predicted octanol–water partition coefficient (Wildman–Crippen LogP) is 6.17. The molecule has 2 aromatic carbocycles. The summed E-state index contributed by atoms with van der Waals surface area (Å²) in [6.45, 7) is 8.58. The summed E-state index contributed by atoms with van der Waals surface area (Å²) in [5.41, 5.74) is 1.46. The molecule has 4 rings (SSSR count). The molecule has 2 heterocycles. The number of hydrogen-bond donors (Lipinski definition) is 2. The number of aromatic nitrogens is 1. The lowest BCUT2D eigenvalue weighted by Gasteiger charge is -2.23. The van der Waals surface area contributed by atoms with Crippen LogP contribution in [-0.4, -0.2) is 54.8 Å². The van der Waals surface area contributed by atoms with Crippen LogP contribution in [0.2, 0.25) is 0 Å². The second-order valence-corrected chi connectivity index (χ2v) is 10.3. The Labute approximate surface area is 228 Å². The van der Waals surface area contributed by atoms with Gasteiger partial charge in [0.2, 0.25) is 0 Å². The summed E-state index contributed by atoms with van der Waals surface area (Å²) >= 11 is 1.76. The Hall–Kier alpha value is -3.36. The Morgan fingerprint density at radius 2 is 1.79 bits per heavy atom. The van der Waals surface area contributed by atoms with E-state index in [0.717, 1.165) is 50.7 Å². The number of amides is 1. The zero-order valence-corrected chi connectivity index (χ0v) is 23.2. The molecule has 0 bridgehead atoms. The van der Waals surface area contributed by atoms with Crippen LogP contribution in [0.4, 0.5) is 10.5 Å². The van der Waals surface area contributed by atoms with E-state index < -0.39 is 0 Å². The van der Waals surface area contributed by atoms with Gasteiger partial charge in [-0.3, -0.25) is 4.79 Å². The third-order valence-corrected chi connectivity index (χ3v) is 7.33. The van der Waals surface area contributed by atoms with Crippen molar-refractivity contribution in [2.24, 2.45) is 0 Å². The first kappa shape index (κ1) is 27.7. The number of nitrogens with one attached hydrogen (secondary N) is 2. The van der Waals surface area contributed by atoms with Crippen LogP contribution < -0.4 is 20.9 Å². The van der Waals surface area contributed by atoms with Crippen molar-refractivity contribution in [2.45, 2.75) is 39.5 Å². The van der Waals surface area contributed by atoms with Crippen molar-refractivity contribution < 1.29 is 9.53 Å².